The van der Waals surface area contributed by atoms with Gasteiger partial charge < -0.3 is 14.8 Å². The summed E-state index contributed by atoms with van der Waals surface area (Å²) in [6.07, 6.45) is 1.68. The minimum absolute atomic E-state index is 0.0355. The number of halogens is 1. The van der Waals surface area contributed by atoms with E-state index in [4.69, 9.17) is 9.47 Å². The van der Waals surface area contributed by atoms with E-state index in [2.05, 4.69) is 10.3 Å². The third-order valence-electron chi connectivity index (χ3n) is 4.78. The van der Waals surface area contributed by atoms with Gasteiger partial charge in [-0.2, -0.15) is 0 Å². The van der Waals surface area contributed by atoms with Gasteiger partial charge in [0.05, 0.1) is 18.5 Å². The van der Waals surface area contributed by atoms with Gasteiger partial charge in [-0.3, -0.25) is 9.59 Å². The molecule has 1 aliphatic rings. The van der Waals surface area contributed by atoms with E-state index in [9.17, 15) is 14.0 Å². The molecule has 0 unspecified atom stereocenters. The Morgan fingerprint density at radius 1 is 1.33 bits per heavy atom. The molecule has 0 radical (unpaired) electrons. The average molecular weight is 426 g/mol. The molecule has 3 aromatic rings. The molecule has 0 bridgehead atoms. The van der Waals surface area contributed by atoms with Crippen LogP contribution in [0, 0.1) is 5.82 Å². The molecule has 6 nitrogen and oxygen atoms in total. The molecule has 0 saturated heterocycles. The topological polar surface area (TPSA) is 77.5 Å². The van der Waals surface area contributed by atoms with E-state index in [-0.39, 0.29) is 36.0 Å². The summed E-state index contributed by atoms with van der Waals surface area (Å²) in [6, 6.07) is 9.67. The zero-order valence-electron chi connectivity index (χ0n) is 16.4. The maximum Gasteiger partial charge on any atom is 0.256 e. The standard InChI is InChI=1S/C22H19FN2O4S/c1-12(26)18-5-6-19(30-18)17-10-14(23)8-13-9-15(29-20(13)17)11-25-21(27)16-4-3-7-24-22(16)28-2/h3-8,10,15H,9,11H2,1-2H3,(H,25,27)/t15-/m1/s1. The minimum atomic E-state index is -0.366. The summed E-state index contributed by atoms with van der Waals surface area (Å²) in [4.78, 5) is 29.5. The number of ketones is 1. The van der Waals surface area contributed by atoms with Crippen LogP contribution in [0.1, 0.15) is 32.5 Å². The molecule has 0 spiro atoms. The smallest absolute Gasteiger partial charge is 0.256 e. The van der Waals surface area contributed by atoms with Crippen LogP contribution in [0.4, 0.5) is 4.39 Å². The number of methoxy groups -OCH3 is 1. The summed E-state index contributed by atoms with van der Waals surface area (Å²) >= 11 is 1.30. The summed E-state index contributed by atoms with van der Waals surface area (Å²) in [5.41, 5.74) is 1.68. The molecule has 154 valence electrons. The molecule has 1 aromatic carbocycles. The van der Waals surface area contributed by atoms with Gasteiger partial charge in [0.15, 0.2) is 5.78 Å². The van der Waals surface area contributed by atoms with E-state index in [1.54, 1.807) is 30.5 Å². The van der Waals surface area contributed by atoms with Gasteiger partial charge >= 0.3 is 0 Å². The zero-order valence-corrected chi connectivity index (χ0v) is 17.2. The summed E-state index contributed by atoms with van der Waals surface area (Å²) in [7, 11) is 1.45. The largest absolute Gasteiger partial charge is 0.487 e. The summed E-state index contributed by atoms with van der Waals surface area (Å²) in [5, 5.41) is 2.82. The van der Waals surface area contributed by atoms with Crippen LogP contribution in [0.3, 0.4) is 0 Å². The Bertz CT molecular complexity index is 1130. The zero-order chi connectivity index (χ0) is 21.3. The Labute approximate surface area is 176 Å². The van der Waals surface area contributed by atoms with Crippen molar-refractivity contribution in [2.75, 3.05) is 13.7 Å². The number of carbonyl (C=O) groups excluding carboxylic acids is 2. The number of hydrogen-bond donors (Lipinski definition) is 1. The van der Waals surface area contributed by atoms with Gasteiger partial charge in [-0.1, -0.05) is 0 Å². The number of nitrogens with zero attached hydrogens (tertiary/aromatic N) is 1. The predicted molar refractivity (Wildman–Crippen MR) is 111 cm³/mol. The van der Waals surface area contributed by atoms with E-state index < -0.39 is 0 Å². The summed E-state index contributed by atoms with van der Waals surface area (Å²) in [5.74, 6) is 0.109. The molecule has 1 aliphatic heterocycles. The molecule has 1 atom stereocenters. The Morgan fingerprint density at radius 2 is 2.17 bits per heavy atom. The maximum atomic E-state index is 14.2. The monoisotopic (exact) mass is 426 g/mol. The average Bonchev–Trinajstić information content (AvgIpc) is 3.38. The molecule has 8 heteroatoms. The molecule has 1 amide bonds. The number of rotatable bonds is 6. The first-order valence-electron chi connectivity index (χ1n) is 9.33. The van der Waals surface area contributed by atoms with Crippen molar-refractivity contribution in [3.63, 3.8) is 0 Å². The van der Waals surface area contributed by atoms with E-state index in [0.717, 1.165) is 10.4 Å². The maximum absolute atomic E-state index is 14.2. The molecule has 0 aliphatic carbocycles. The molecule has 30 heavy (non-hydrogen) atoms. The lowest BCUT2D eigenvalue weighted by molar-refractivity contribution is 0.0929. The van der Waals surface area contributed by atoms with Gasteiger partial charge in [0.1, 0.15) is 23.2 Å². The first-order chi connectivity index (χ1) is 14.5. The number of carbonyl (C=O) groups is 2. The van der Waals surface area contributed by atoms with Crippen molar-refractivity contribution in [1.82, 2.24) is 10.3 Å². The van der Waals surface area contributed by atoms with Crippen LogP contribution in [-0.2, 0) is 6.42 Å². The fourth-order valence-electron chi connectivity index (χ4n) is 3.39. The number of amides is 1. The number of thiophene rings is 1. The molecular formula is C22H19FN2O4S. The third-order valence-corrected chi connectivity index (χ3v) is 6.00. The number of Topliss-reactive ketones (excluding diaryl/α,β-unsaturated/α-hetero) is 1. The summed E-state index contributed by atoms with van der Waals surface area (Å²) < 4.78 is 25.4. The second kappa shape index (κ2) is 8.23. The van der Waals surface area contributed by atoms with Crippen LogP contribution < -0.4 is 14.8 Å². The minimum Gasteiger partial charge on any atom is -0.487 e. The highest BCUT2D eigenvalue weighted by Crippen LogP contribution is 2.42. The number of nitrogens with one attached hydrogen (secondary N) is 1. The summed E-state index contributed by atoms with van der Waals surface area (Å²) in [6.45, 7) is 1.74. The van der Waals surface area contributed by atoms with Gasteiger partial charge in [-0.05, 0) is 43.3 Å². The fourth-order valence-corrected chi connectivity index (χ4v) is 4.31. The highest BCUT2D eigenvalue weighted by Gasteiger charge is 2.28. The van der Waals surface area contributed by atoms with Crippen LogP contribution in [-0.4, -0.2) is 36.4 Å². The molecule has 4 rings (SSSR count). The number of fused-ring (bicyclic) bond motifs is 1. The number of benzene rings is 1. The lowest BCUT2D eigenvalue weighted by Crippen LogP contribution is -2.34. The molecule has 3 heterocycles. The van der Waals surface area contributed by atoms with Gasteiger partial charge in [0.2, 0.25) is 5.88 Å². The van der Waals surface area contributed by atoms with Crippen molar-refractivity contribution >= 4 is 23.0 Å². The molecule has 0 saturated carbocycles. The van der Waals surface area contributed by atoms with Crippen LogP contribution in [0.25, 0.3) is 10.4 Å². The lowest BCUT2D eigenvalue weighted by atomic mass is 10.0. The number of ether oxygens (including phenoxy) is 2. The van der Waals surface area contributed by atoms with Crippen molar-refractivity contribution in [2.45, 2.75) is 19.4 Å². The number of pyridine rings is 1. The third kappa shape index (κ3) is 3.91. The van der Waals surface area contributed by atoms with Crippen molar-refractivity contribution in [2.24, 2.45) is 0 Å². The van der Waals surface area contributed by atoms with Gasteiger partial charge in [0.25, 0.3) is 5.91 Å². The van der Waals surface area contributed by atoms with Crippen LogP contribution in [0.5, 0.6) is 11.6 Å². The van der Waals surface area contributed by atoms with Crippen LogP contribution in [0.2, 0.25) is 0 Å². The molecule has 0 fully saturated rings. The molecular weight excluding hydrogens is 407 g/mol. The van der Waals surface area contributed by atoms with Crippen molar-refractivity contribution in [3.8, 4) is 22.1 Å². The second-order valence-corrected chi connectivity index (χ2v) is 7.96. The number of aromatic nitrogens is 1. The van der Waals surface area contributed by atoms with Crippen molar-refractivity contribution < 1.29 is 23.5 Å². The lowest BCUT2D eigenvalue weighted by Gasteiger charge is -2.14. The Kier molecular flexibility index (Phi) is 5.50. The van der Waals surface area contributed by atoms with Crippen LogP contribution >= 0.6 is 11.3 Å². The number of hydrogen-bond acceptors (Lipinski definition) is 6. The van der Waals surface area contributed by atoms with E-state index in [0.29, 0.717) is 28.2 Å². The normalized spacial score (nSPS) is 14.7. The highest BCUT2D eigenvalue weighted by atomic mass is 32.1. The van der Waals surface area contributed by atoms with E-state index in [1.165, 1.54) is 37.5 Å². The highest BCUT2D eigenvalue weighted by molar-refractivity contribution is 7.17. The van der Waals surface area contributed by atoms with Gasteiger partial charge in [-0.15, -0.1) is 11.3 Å². The molecule has 2 aromatic heterocycles. The van der Waals surface area contributed by atoms with E-state index in [1.807, 2.05) is 0 Å². The Morgan fingerprint density at radius 3 is 2.90 bits per heavy atom. The quantitative estimate of drug-likeness (QED) is 0.605. The predicted octanol–water partition coefficient (Wildman–Crippen LogP) is 3.89. The fraction of sp³-hybridized carbons (Fsp3) is 0.227. The van der Waals surface area contributed by atoms with Crippen molar-refractivity contribution in [3.05, 3.63) is 64.4 Å². The van der Waals surface area contributed by atoms with Gasteiger partial charge in [0, 0.05) is 28.6 Å². The SMILES string of the molecule is COc1ncccc1C(=O)NC[C@H]1Cc2cc(F)cc(-c3ccc(C(C)=O)s3)c2O1. The second-order valence-electron chi connectivity index (χ2n) is 6.88. The Balaban J connectivity index is 1.50. The van der Waals surface area contributed by atoms with Gasteiger partial charge in [-0.25, -0.2) is 9.37 Å². The first-order valence-corrected chi connectivity index (χ1v) is 10.2. The van der Waals surface area contributed by atoms with E-state index >= 15 is 0 Å². The van der Waals surface area contributed by atoms with Crippen LogP contribution in [0.15, 0.2) is 42.6 Å². The Hall–Kier alpha value is -3.26. The first kappa shape index (κ1) is 20.0. The van der Waals surface area contributed by atoms with Crippen molar-refractivity contribution in [1.29, 1.82) is 0 Å². The molecule has 1 N–H and O–H groups in total.